The summed E-state index contributed by atoms with van der Waals surface area (Å²) in [7, 11) is 0. The molecule has 0 fully saturated rings. The molecule has 3 N–H and O–H groups in total. The van der Waals surface area contributed by atoms with Crippen LogP contribution in [0.25, 0.3) is 0 Å². The first-order chi connectivity index (χ1) is 11.1. The molecule has 6 nitrogen and oxygen atoms in total. The van der Waals surface area contributed by atoms with Crippen molar-refractivity contribution < 1.29 is 4.52 Å². The maximum Gasteiger partial charge on any atom is 0.226 e. The molecule has 132 valence electrons. The topological polar surface area (TPSA) is 89.3 Å². The van der Waals surface area contributed by atoms with Crippen molar-refractivity contribution >= 4 is 5.96 Å². The molecule has 0 saturated heterocycles. The minimum atomic E-state index is 0.298. The minimum Gasteiger partial charge on any atom is -0.370 e. The Hall–Kier alpha value is -1.59. The summed E-state index contributed by atoms with van der Waals surface area (Å²) in [6.07, 6.45) is 9.31. The number of hydrogen-bond acceptors (Lipinski definition) is 4. The van der Waals surface area contributed by atoms with Crippen LogP contribution in [0.4, 0.5) is 0 Å². The predicted octanol–water partition coefficient (Wildman–Crippen LogP) is 3.39. The molecule has 1 rings (SSSR count). The van der Waals surface area contributed by atoms with E-state index in [2.05, 4.69) is 41.2 Å². The molecule has 0 atom stereocenters. The van der Waals surface area contributed by atoms with Crippen LogP contribution in [-0.4, -0.2) is 29.2 Å². The Kier molecular flexibility index (Phi) is 10.1. The summed E-state index contributed by atoms with van der Waals surface area (Å²) in [6, 6.07) is 0. The molecule has 6 heteroatoms. The summed E-state index contributed by atoms with van der Waals surface area (Å²) in [4.78, 5) is 8.67. The second-order valence-electron chi connectivity index (χ2n) is 6.27. The highest BCUT2D eigenvalue weighted by atomic mass is 16.5. The number of aryl methyl sites for hydroxylation is 1. The average molecular weight is 323 g/mol. The fourth-order valence-electron chi connectivity index (χ4n) is 2.21. The van der Waals surface area contributed by atoms with Gasteiger partial charge in [0.05, 0.1) is 0 Å². The SMILES string of the molecule is CCCCCCCCNC(N)=NCCCc1nc(C(C)C)no1. The van der Waals surface area contributed by atoms with Crippen LogP contribution in [0.1, 0.15) is 83.3 Å². The maximum atomic E-state index is 5.85. The summed E-state index contributed by atoms with van der Waals surface area (Å²) in [5, 5.41) is 7.11. The number of nitrogens with one attached hydrogen (secondary N) is 1. The van der Waals surface area contributed by atoms with Crippen LogP contribution in [-0.2, 0) is 6.42 Å². The molecule has 1 aromatic heterocycles. The largest absolute Gasteiger partial charge is 0.370 e. The summed E-state index contributed by atoms with van der Waals surface area (Å²) >= 11 is 0. The van der Waals surface area contributed by atoms with Gasteiger partial charge in [-0.1, -0.05) is 58.0 Å². The van der Waals surface area contributed by atoms with Crippen LogP contribution in [0, 0.1) is 0 Å². The van der Waals surface area contributed by atoms with Crippen molar-refractivity contribution in [2.45, 2.75) is 78.1 Å². The van der Waals surface area contributed by atoms with Crippen molar-refractivity contribution in [1.82, 2.24) is 15.5 Å². The number of rotatable bonds is 12. The fourth-order valence-corrected chi connectivity index (χ4v) is 2.21. The Balaban J connectivity index is 2.05. The van der Waals surface area contributed by atoms with Gasteiger partial charge in [0.25, 0.3) is 0 Å². The molecular formula is C17H33N5O. The molecule has 23 heavy (non-hydrogen) atoms. The molecule has 0 aromatic carbocycles. The lowest BCUT2D eigenvalue weighted by Gasteiger charge is -2.05. The van der Waals surface area contributed by atoms with Crippen molar-refractivity contribution in [3.05, 3.63) is 11.7 Å². The standard InChI is InChI=1S/C17H33N5O/c1-4-5-6-7-8-9-12-19-17(18)20-13-10-11-15-21-16(14(2)3)22-23-15/h14H,4-13H2,1-3H3,(H3,18,19,20). The smallest absolute Gasteiger partial charge is 0.226 e. The first-order valence-electron chi connectivity index (χ1n) is 8.99. The molecule has 0 aliphatic heterocycles. The van der Waals surface area contributed by atoms with Crippen molar-refractivity contribution in [1.29, 1.82) is 0 Å². The first-order valence-corrected chi connectivity index (χ1v) is 8.99. The van der Waals surface area contributed by atoms with Gasteiger partial charge in [-0.2, -0.15) is 4.98 Å². The van der Waals surface area contributed by atoms with E-state index >= 15 is 0 Å². The van der Waals surface area contributed by atoms with Gasteiger partial charge in [0.15, 0.2) is 11.8 Å². The number of guanidine groups is 1. The van der Waals surface area contributed by atoms with Crippen molar-refractivity contribution in [2.24, 2.45) is 10.7 Å². The van der Waals surface area contributed by atoms with E-state index in [-0.39, 0.29) is 0 Å². The normalized spacial score (nSPS) is 12.1. The average Bonchev–Trinajstić information content (AvgIpc) is 3.00. The molecular weight excluding hydrogens is 290 g/mol. The van der Waals surface area contributed by atoms with Crippen LogP contribution >= 0.6 is 0 Å². The van der Waals surface area contributed by atoms with E-state index in [0.717, 1.165) is 31.6 Å². The molecule has 0 aliphatic rings. The van der Waals surface area contributed by atoms with E-state index in [1.807, 2.05) is 0 Å². The highest BCUT2D eigenvalue weighted by Crippen LogP contribution is 2.10. The summed E-state index contributed by atoms with van der Waals surface area (Å²) < 4.78 is 5.20. The number of nitrogens with two attached hydrogens (primary N) is 1. The first kappa shape index (κ1) is 19.5. The number of aromatic nitrogens is 2. The lowest BCUT2D eigenvalue weighted by Crippen LogP contribution is -2.32. The Bertz CT molecular complexity index is 442. The maximum absolute atomic E-state index is 5.85. The van der Waals surface area contributed by atoms with Gasteiger partial charge in [-0.3, -0.25) is 4.99 Å². The Morgan fingerprint density at radius 2 is 1.91 bits per heavy atom. The third-order valence-corrected chi connectivity index (χ3v) is 3.67. The molecule has 0 aliphatic carbocycles. The van der Waals surface area contributed by atoms with Gasteiger partial charge in [0.1, 0.15) is 0 Å². The second kappa shape index (κ2) is 11.9. The molecule has 1 heterocycles. The zero-order valence-electron chi connectivity index (χ0n) is 15.0. The number of unbranched alkanes of at least 4 members (excludes halogenated alkanes) is 5. The van der Waals surface area contributed by atoms with Gasteiger partial charge in [0.2, 0.25) is 5.89 Å². The van der Waals surface area contributed by atoms with Gasteiger partial charge in [-0.15, -0.1) is 0 Å². The van der Waals surface area contributed by atoms with Gasteiger partial charge in [-0.25, -0.2) is 0 Å². The lowest BCUT2D eigenvalue weighted by atomic mass is 10.1. The zero-order valence-corrected chi connectivity index (χ0v) is 15.0. The third kappa shape index (κ3) is 9.21. The summed E-state index contributed by atoms with van der Waals surface area (Å²) in [6.45, 7) is 7.92. The highest BCUT2D eigenvalue weighted by Gasteiger charge is 2.08. The molecule has 0 unspecified atom stereocenters. The van der Waals surface area contributed by atoms with E-state index < -0.39 is 0 Å². The Morgan fingerprint density at radius 1 is 1.17 bits per heavy atom. The number of nitrogens with zero attached hydrogens (tertiary/aromatic N) is 3. The third-order valence-electron chi connectivity index (χ3n) is 3.67. The quantitative estimate of drug-likeness (QED) is 0.349. The van der Waals surface area contributed by atoms with Gasteiger partial charge in [-0.05, 0) is 12.8 Å². The predicted molar refractivity (Wildman–Crippen MR) is 94.6 cm³/mol. The molecule has 0 bridgehead atoms. The van der Waals surface area contributed by atoms with E-state index in [1.54, 1.807) is 0 Å². The van der Waals surface area contributed by atoms with Crippen LogP contribution < -0.4 is 11.1 Å². The Morgan fingerprint density at radius 3 is 2.61 bits per heavy atom. The van der Waals surface area contributed by atoms with Gasteiger partial charge in [0, 0.05) is 25.4 Å². The number of hydrogen-bond donors (Lipinski definition) is 2. The summed E-state index contributed by atoms with van der Waals surface area (Å²) in [5.74, 6) is 2.28. The zero-order chi connectivity index (χ0) is 16.9. The van der Waals surface area contributed by atoms with Crippen molar-refractivity contribution in [3.8, 4) is 0 Å². The molecule has 0 radical (unpaired) electrons. The van der Waals surface area contributed by atoms with Gasteiger partial charge < -0.3 is 15.6 Å². The molecule has 1 aromatic rings. The monoisotopic (exact) mass is 323 g/mol. The second-order valence-corrected chi connectivity index (χ2v) is 6.27. The van der Waals surface area contributed by atoms with Crippen LogP contribution in [0.15, 0.2) is 9.52 Å². The fraction of sp³-hybridized carbons (Fsp3) is 0.824. The van der Waals surface area contributed by atoms with Crippen molar-refractivity contribution in [2.75, 3.05) is 13.1 Å². The highest BCUT2D eigenvalue weighted by molar-refractivity contribution is 5.77. The lowest BCUT2D eigenvalue weighted by molar-refractivity contribution is 0.369. The molecule has 0 saturated carbocycles. The van der Waals surface area contributed by atoms with E-state index in [4.69, 9.17) is 10.3 Å². The number of aliphatic imine (C=N–C) groups is 1. The van der Waals surface area contributed by atoms with Crippen molar-refractivity contribution in [3.63, 3.8) is 0 Å². The van der Waals surface area contributed by atoms with Crippen LogP contribution in [0.2, 0.25) is 0 Å². The van der Waals surface area contributed by atoms with Gasteiger partial charge >= 0.3 is 0 Å². The summed E-state index contributed by atoms with van der Waals surface area (Å²) in [5.41, 5.74) is 5.85. The van der Waals surface area contributed by atoms with Crippen LogP contribution in [0.5, 0.6) is 0 Å². The van der Waals surface area contributed by atoms with E-state index in [0.29, 0.717) is 24.3 Å². The van der Waals surface area contributed by atoms with E-state index in [1.165, 1.54) is 32.1 Å². The molecule has 0 spiro atoms. The molecule has 0 amide bonds. The van der Waals surface area contributed by atoms with E-state index in [9.17, 15) is 0 Å². The van der Waals surface area contributed by atoms with Crippen LogP contribution in [0.3, 0.4) is 0 Å². The Labute approximate surface area is 140 Å². The minimum absolute atomic E-state index is 0.298.